The van der Waals surface area contributed by atoms with E-state index in [1.807, 2.05) is 0 Å². The standard InChI is InChI=1S/C13H21IN4O/c1-18(2)10-6-4-3-5-9-15-13(19)11-7-8-12(14)17-16-11/h7-8H,3-6,9-10H2,1-2H3,(H,15,19)/i14+4. The van der Waals surface area contributed by atoms with Crippen LogP contribution >= 0.6 is 22.6 Å². The molecule has 0 aliphatic heterocycles. The molecule has 1 rings (SSSR count). The number of unbranched alkanes of at least 4 members (excludes halogenated alkanes) is 3. The van der Waals surface area contributed by atoms with Gasteiger partial charge in [0.15, 0.2) is 5.69 Å². The molecule has 19 heavy (non-hydrogen) atoms. The Hall–Kier alpha value is -0.760. The Kier molecular flexibility index (Phi) is 7.88. The average Bonchev–Trinajstić information content (AvgIpc) is 2.38. The summed E-state index contributed by atoms with van der Waals surface area (Å²) in [4.78, 5) is 13.9. The molecule has 5 nitrogen and oxygen atoms in total. The smallest absolute Gasteiger partial charge is 0.271 e. The summed E-state index contributed by atoms with van der Waals surface area (Å²) in [5.74, 6) is -0.141. The molecule has 0 radical (unpaired) electrons. The van der Waals surface area contributed by atoms with Crippen molar-refractivity contribution in [1.82, 2.24) is 20.4 Å². The monoisotopic (exact) mass is 380 g/mol. The molecule has 0 spiro atoms. The lowest BCUT2D eigenvalue weighted by atomic mass is 10.2. The Morgan fingerprint density at radius 1 is 1.21 bits per heavy atom. The fraction of sp³-hybridized carbons (Fsp3) is 0.615. The summed E-state index contributed by atoms with van der Waals surface area (Å²) in [6.07, 6.45) is 4.57. The van der Waals surface area contributed by atoms with Crippen molar-refractivity contribution in [2.75, 3.05) is 27.2 Å². The summed E-state index contributed by atoms with van der Waals surface area (Å²) in [7, 11) is 4.17. The first-order chi connectivity index (χ1) is 9.09. The van der Waals surface area contributed by atoms with Gasteiger partial charge in [0, 0.05) is 6.54 Å². The van der Waals surface area contributed by atoms with E-state index in [2.05, 4.69) is 57.1 Å². The molecule has 1 aromatic heterocycles. The molecule has 0 aliphatic rings. The number of carbonyl (C=O) groups excluding carboxylic acids is 1. The van der Waals surface area contributed by atoms with Gasteiger partial charge in [-0.3, -0.25) is 4.79 Å². The topological polar surface area (TPSA) is 58.1 Å². The van der Waals surface area contributed by atoms with Crippen LogP contribution in [0.25, 0.3) is 0 Å². The van der Waals surface area contributed by atoms with Crippen LogP contribution in [0.1, 0.15) is 36.2 Å². The lowest BCUT2D eigenvalue weighted by molar-refractivity contribution is 0.0947. The maximum atomic E-state index is 11.7. The van der Waals surface area contributed by atoms with E-state index >= 15 is 0 Å². The molecule has 0 bridgehead atoms. The van der Waals surface area contributed by atoms with Crippen molar-refractivity contribution in [2.24, 2.45) is 0 Å². The quantitative estimate of drug-likeness (QED) is 0.553. The van der Waals surface area contributed by atoms with E-state index in [0.717, 1.165) is 23.1 Å². The Morgan fingerprint density at radius 3 is 2.58 bits per heavy atom. The summed E-state index contributed by atoms with van der Waals surface area (Å²) in [5, 5.41) is 10.6. The molecule has 0 fully saturated rings. The van der Waals surface area contributed by atoms with Crippen LogP contribution in [0.4, 0.5) is 0 Å². The molecule has 1 aromatic rings. The molecule has 0 saturated heterocycles. The van der Waals surface area contributed by atoms with E-state index in [4.69, 9.17) is 0 Å². The lowest BCUT2D eigenvalue weighted by Gasteiger charge is -2.08. The Balaban J connectivity index is 2.09. The number of carbonyl (C=O) groups is 1. The summed E-state index contributed by atoms with van der Waals surface area (Å²) >= 11 is 2.06. The third-order valence-corrected chi connectivity index (χ3v) is 3.26. The largest absolute Gasteiger partial charge is 0.351 e. The first-order valence-electron chi connectivity index (χ1n) is 6.52. The third-order valence-electron chi connectivity index (χ3n) is 2.68. The highest BCUT2D eigenvalue weighted by atomic mass is 131. The molecule has 1 N–H and O–H groups in total. The molecule has 6 heteroatoms. The van der Waals surface area contributed by atoms with Crippen LogP contribution in [-0.4, -0.2) is 48.2 Å². The molecule has 106 valence electrons. The maximum Gasteiger partial charge on any atom is 0.271 e. The number of rotatable bonds is 8. The van der Waals surface area contributed by atoms with Gasteiger partial charge in [-0.25, -0.2) is 0 Å². The zero-order valence-corrected chi connectivity index (χ0v) is 13.7. The number of amides is 1. The molecule has 0 atom stereocenters. The van der Waals surface area contributed by atoms with Gasteiger partial charge < -0.3 is 10.2 Å². The van der Waals surface area contributed by atoms with Crippen LogP contribution in [0.3, 0.4) is 0 Å². The second kappa shape index (κ2) is 9.19. The van der Waals surface area contributed by atoms with Crippen LogP contribution < -0.4 is 5.32 Å². The minimum absolute atomic E-state index is 0.141. The van der Waals surface area contributed by atoms with Gasteiger partial charge in [0.2, 0.25) is 0 Å². The summed E-state index contributed by atoms with van der Waals surface area (Å²) in [6.45, 7) is 1.83. The fourth-order valence-corrected chi connectivity index (χ4v) is 1.92. The number of aromatic nitrogens is 2. The minimum Gasteiger partial charge on any atom is -0.351 e. The van der Waals surface area contributed by atoms with Gasteiger partial charge in [-0.05, 0) is 68.2 Å². The Bertz CT molecular complexity index is 381. The van der Waals surface area contributed by atoms with Gasteiger partial charge in [-0.15, -0.1) is 10.2 Å². The van der Waals surface area contributed by atoms with Crippen molar-refractivity contribution in [3.8, 4) is 0 Å². The van der Waals surface area contributed by atoms with Gasteiger partial charge in [-0.1, -0.05) is 12.8 Å². The van der Waals surface area contributed by atoms with Gasteiger partial charge in [0.25, 0.3) is 5.91 Å². The second-order valence-corrected chi connectivity index (χ2v) is 5.82. The lowest BCUT2D eigenvalue weighted by Crippen LogP contribution is -2.25. The maximum absolute atomic E-state index is 11.7. The summed E-state index contributed by atoms with van der Waals surface area (Å²) in [5.41, 5.74) is 0.382. The fourth-order valence-electron chi connectivity index (χ4n) is 1.64. The molecule has 1 amide bonds. The number of nitrogens with one attached hydrogen (secondary N) is 1. The highest BCUT2D eigenvalue weighted by Crippen LogP contribution is 2.01. The predicted molar refractivity (Wildman–Crippen MR) is 84.1 cm³/mol. The van der Waals surface area contributed by atoms with Crippen LogP contribution in [0.15, 0.2) is 12.1 Å². The summed E-state index contributed by atoms with van der Waals surface area (Å²) in [6, 6.07) is 3.48. The van der Waals surface area contributed by atoms with Crippen LogP contribution in [0, 0.1) is 3.70 Å². The molecular weight excluding hydrogens is 359 g/mol. The van der Waals surface area contributed by atoms with E-state index in [1.165, 1.54) is 12.8 Å². The van der Waals surface area contributed by atoms with Crippen molar-refractivity contribution >= 4 is 28.5 Å². The van der Waals surface area contributed by atoms with E-state index < -0.39 is 0 Å². The predicted octanol–water partition coefficient (Wildman–Crippen LogP) is 1.93. The van der Waals surface area contributed by atoms with E-state index in [-0.39, 0.29) is 5.91 Å². The van der Waals surface area contributed by atoms with Crippen LogP contribution in [-0.2, 0) is 0 Å². The van der Waals surface area contributed by atoms with Gasteiger partial charge in [-0.2, -0.15) is 0 Å². The number of halogens is 1. The Labute approximate surface area is 128 Å². The number of nitrogens with zero attached hydrogens (tertiary/aromatic N) is 3. The molecule has 0 saturated carbocycles. The molecule has 0 aliphatic carbocycles. The first kappa shape index (κ1) is 16.3. The van der Waals surface area contributed by atoms with Crippen molar-refractivity contribution in [1.29, 1.82) is 0 Å². The van der Waals surface area contributed by atoms with E-state index in [9.17, 15) is 4.79 Å². The zero-order chi connectivity index (χ0) is 14.1. The molecular formula is C13H21IN4O. The molecule has 1 heterocycles. The van der Waals surface area contributed by atoms with Crippen molar-refractivity contribution in [3.63, 3.8) is 0 Å². The third kappa shape index (κ3) is 7.41. The SMILES string of the molecule is CN(C)CCCCCCNC(=O)c1ccc([131I])nn1. The van der Waals surface area contributed by atoms with Crippen molar-refractivity contribution < 1.29 is 4.79 Å². The molecule has 0 unspecified atom stereocenters. The average molecular weight is 380 g/mol. The van der Waals surface area contributed by atoms with Crippen molar-refractivity contribution in [2.45, 2.75) is 25.7 Å². The van der Waals surface area contributed by atoms with E-state index in [1.54, 1.807) is 12.1 Å². The minimum atomic E-state index is -0.141. The highest BCUT2D eigenvalue weighted by Gasteiger charge is 2.06. The number of hydrogen-bond acceptors (Lipinski definition) is 4. The zero-order valence-electron chi connectivity index (χ0n) is 11.5. The van der Waals surface area contributed by atoms with E-state index in [0.29, 0.717) is 12.2 Å². The van der Waals surface area contributed by atoms with Crippen molar-refractivity contribution in [3.05, 3.63) is 21.5 Å². The van der Waals surface area contributed by atoms with Crippen LogP contribution in [0.2, 0.25) is 0 Å². The van der Waals surface area contributed by atoms with Gasteiger partial charge in [0.05, 0.1) is 0 Å². The van der Waals surface area contributed by atoms with Gasteiger partial charge >= 0.3 is 0 Å². The highest BCUT2D eigenvalue weighted by molar-refractivity contribution is 14.1. The molecule has 0 aromatic carbocycles. The summed E-state index contributed by atoms with van der Waals surface area (Å²) < 4.78 is 0.787. The van der Waals surface area contributed by atoms with Crippen LogP contribution in [0.5, 0.6) is 0 Å². The first-order valence-corrected chi connectivity index (χ1v) is 7.59. The normalized spacial score (nSPS) is 10.7. The second-order valence-electron chi connectivity index (χ2n) is 4.71. The Morgan fingerprint density at radius 2 is 1.95 bits per heavy atom. The van der Waals surface area contributed by atoms with Gasteiger partial charge in [0.1, 0.15) is 3.70 Å². The number of hydrogen-bond donors (Lipinski definition) is 1.